The molecule has 0 aromatic heterocycles. The molecule has 1 rings (SSSR count). The van der Waals surface area contributed by atoms with Gasteiger partial charge in [-0.25, -0.2) is 4.34 Å². The predicted molar refractivity (Wildman–Crippen MR) is 53.6 cm³/mol. The van der Waals surface area contributed by atoms with Gasteiger partial charge in [0.25, 0.3) is 0 Å². The van der Waals surface area contributed by atoms with E-state index in [0.717, 1.165) is 5.56 Å². The number of carboxylic acids is 1. The van der Waals surface area contributed by atoms with Gasteiger partial charge in [-0.3, -0.25) is 4.79 Å². The molecule has 0 unspecified atom stereocenters. The van der Waals surface area contributed by atoms with E-state index >= 15 is 0 Å². The van der Waals surface area contributed by atoms with Crippen molar-refractivity contribution in [3.63, 3.8) is 0 Å². The molecular weight excluding hydrogens is 234 g/mol. The maximum Gasteiger partial charge on any atom is 0.321 e. The Labute approximate surface area is 85.1 Å². The molecule has 0 radical (unpaired) electrons. The first kappa shape index (κ1) is 10.2. The van der Waals surface area contributed by atoms with E-state index in [1.165, 1.54) is 0 Å². The van der Waals surface area contributed by atoms with Gasteiger partial charge in [-0.05, 0) is 12.0 Å². The van der Waals surface area contributed by atoms with Gasteiger partial charge >= 0.3 is 5.97 Å². The molecule has 0 saturated heterocycles. The van der Waals surface area contributed by atoms with E-state index in [4.69, 9.17) is 5.11 Å². The Kier molecular flexibility index (Phi) is 3.92. The van der Waals surface area contributed by atoms with Crippen molar-refractivity contribution in [2.45, 2.75) is 12.5 Å². The smallest absolute Gasteiger partial charge is 0.321 e. The second-order valence-corrected chi connectivity index (χ2v) is 3.15. The molecule has 0 heterocycles. The SMILES string of the molecule is O=C(O)[C@@H](Cc1ccccc1)NBr. The molecule has 0 aliphatic heterocycles. The molecule has 0 spiro atoms. The molecule has 1 atom stereocenters. The van der Waals surface area contributed by atoms with Gasteiger partial charge in [-0.2, -0.15) is 0 Å². The first-order valence-electron chi connectivity index (χ1n) is 3.87. The molecule has 13 heavy (non-hydrogen) atoms. The first-order valence-corrected chi connectivity index (χ1v) is 4.66. The molecule has 0 amide bonds. The van der Waals surface area contributed by atoms with Gasteiger partial charge < -0.3 is 5.11 Å². The van der Waals surface area contributed by atoms with Crippen LogP contribution in [-0.2, 0) is 11.2 Å². The number of halogens is 1. The highest BCUT2D eigenvalue weighted by atomic mass is 79.9. The summed E-state index contributed by atoms with van der Waals surface area (Å²) in [6.45, 7) is 0. The van der Waals surface area contributed by atoms with Crippen molar-refractivity contribution < 1.29 is 9.90 Å². The summed E-state index contributed by atoms with van der Waals surface area (Å²) >= 11 is 2.94. The lowest BCUT2D eigenvalue weighted by Gasteiger charge is -2.08. The van der Waals surface area contributed by atoms with Gasteiger partial charge in [0.1, 0.15) is 6.04 Å². The first-order chi connectivity index (χ1) is 6.24. The number of hydrogen-bond acceptors (Lipinski definition) is 2. The Morgan fingerprint density at radius 1 is 1.46 bits per heavy atom. The normalized spacial score (nSPS) is 12.4. The highest BCUT2D eigenvalue weighted by Gasteiger charge is 2.15. The summed E-state index contributed by atoms with van der Waals surface area (Å²) in [5.41, 5.74) is 1.00. The third-order valence-corrected chi connectivity index (χ3v) is 2.27. The van der Waals surface area contributed by atoms with E-state index in [1.807, 2.05) is 30.3 Å². The minimum absolute atomic E-state index is 0.474. The van der Waals surface area contributed by atoms with Crippen molar-refractivity contribution in [2.75, 3.05) is 0 Å². The zero-order chi connectivity index (χ0) is 9.68. The molecular formula is C9H10BrNO2. The Morgan fingerprint density at radius 2 is 2.08 bits per heavy atom. The van der Waals surface area contributed by atoms with Gasteiger partial charge in [0, 0.05) is 16.1 Å². The van der Waals surface area contributed by atoms with Crippen molar-refractivity contribution in [1.29, 1.82) is 0 Å². The number of nitrogens with one attached hydrogen (secondary N) is 1. The lowest BCUT2D eigenvalue weighted by atomic mass is 10.1. The molecule has 1 aromatic carbocycles. The highest BCUT2D eigenvalue weighted by Crippen LogP contribution is 2.03. The van der Waals surface area contributed by atoms with Gasteiger partial charge in [-0.15, -0.1) is 0 Å². The lowest BCUT2D eigenvalue weighted by molar-refractivity contribution is -0.138. The van der Waals surface area contributed by atoms with Crippen molar-refractivity contribution in [2.24, 2.45) is 0 Å². The van der Waals surface area contributed by atoms with Crippen LogP contribution in [0.1, 0.15) is 5.56 Å². The third-order valence-electron chi connectivity index (χ3n) is 1.71. The van der Waals surface area contributed by atoms with Crippen LogP contribution in [0.2, 0.25) is 0 Å². The van der Waals surface area contributed by atoms with Gasteiger partial charge in [0.2, 0.25) is 0 Å². The van der Waals surface area contributed by atoms with Crippen LogP contribution < -0.4 is 4.34 Å². The number of benzene rings is 1. The molecule has 0 aliphatic carbocycles. The Hall–Kier alpha value is -0.870. The maximum atomic E-state index is 10.6. The monoisotopic (exact) mass is 243 g/mol. The van der Waals surface area contributed by atoms with Crippen LogP contribution in [0.15, 0.2) is 30.3 Å². The quantitative estimate of drug-likeness (QED) is 0.790. The Balaban J connectivity index is 2.62. The standard InChI is InChI=1S/C9H10BrNO2/c10-11-8(9(12)13)6-7-4-2-1-3-5-7/h1-5,8,11H,6H2,(H,12,13)/t8-/m1/s1. The van der Waals surface area contributed by atoms with E-state index in [-0.39, 0.29) is 0 Å². The summed E-state index contributed by atoms with van der Waals surface area (Å²) in [6.07, 6.45) is 0.474. The van der Waals surface area contributed by atoms with Crippen LogP contribution in [0.3, 0.4) is 0 Å². The van der Waals surface area contributed by atoms with Crippen molar-refractivity contribution in [3.05, 3.63) is 35.9 Å². The van der Waals surface area contributed by atoms with E-state index < -0.39 is 12.0 Å². The molecule has 0 fully saturated rings. The maximum absolute atomic E-state index is 10.6. The fourth-order valence-corrected chi connectivity index (χ4v) is 1.38. The van der Waals surface area contributed by atoms with Crippen LogP contribution in [0.5, 0.6) is 0 Å². The van der Waals surface area contributed by atoms with Crippen LogP contribution in [0, 0.1) is 0 Å². The number of aliphatic carboxylic acids is 1. The predicted octanol–water partition coefficient (Wildman–Crippen LogP) is 1.58. The molecule has 4 heteroatoms. The lowest BCUT2D eigenvalue weighted by Crippen LogP contribution is -2.32. The fourth-order valence-electron chi connectivity index (χ4n) is 1.02. The van der Waals surface area contributed by atoms with Gasteiger partial charge in [-0.1, -0.05) is 30.3 Å². The van der Waals surface area contributed by atoms with Crippen LogP contribution >= 0.6 is 16.1 Å². The van der Waals surface area contributed by atoms with Crippen molar-refractivity contribution in [3.8, 4) is 0 Å². The van der Waals surface area contributed by atoms with Gasteiger partial charge in [0.15, 0.2) is 0 Å². The largest absolute Gasteiger partial charge is 0.480 e. The summed E-state index contributed by atoms with van der Waals surface area (Å²) in [5.74, 6) is -0.860. The van der Waals surface area contributed by atoms with Crippen LogP contribution in [0.4, 0.5) is 0 Å². The molecule has 0 aliphatic rings. The summed E-state index contributed by atoms with van der Waals surface area (Å²) in [7, 11) is 0. The summed E-state index contributed by atoms with van der Waals surface area (Å²) in [6, 6.07) is 8.91. The van der Waals surface area contributed by atoms with Gasteiger partial charge in [0.05, 0.1) is 0 Å². The zero-order valence-electron chi connectivity index (χ0n) is 6.90. The van der Waals surface area contributed by atoms with Crippen molar-refractivity contribution >= 4 is 22.1 Å². The fraction of sp³-hybridized carbons (Fsp3) is 0.222. The minimum Gasteiger partial charge on any atom is -0.480 e. The Bertz CT molecular complexity index is 276. The second kappa shape index (κ2) is 4.99. The summed E-state index contributed by atoms with van der Waals surface area (Å²) in [5, 5.41) is 8.74. The molecule has 0 bridgehead atoms. The average molecular weight is 244 g/mol. The number of carboxylic acid groups (broad SMARTS) is 1. The molecule has 70 valence electrons. The average Bonchev–Trinajstić information content (AvgIpc) is 2.15. The number of carbonyl (C=O) groups is 1. The second-order valence-electron chi connectivity index (χ2n) is 2.69. The van der Waals surface area contributed by atoms with Crippen molar-refractivity contribution in [1.82, 2.24) is 4.34 Å². The minimum atomic E-state index is -0.860. The zero-order valence-corrected chi connectivity index (χ0v) is 8.49. The highest BCUT2D eigenvalue weighted by molar-refractivity contribution is 9.08. The molecule has 3 nitrogen and oxygen atoms in total. The van der Waals surface area contributed by atoms with E-state index in [0.29, 0.717) is 6.42 Å². The van der Waals surface area contributed by atoms with Crippen LogP contribution in [0.25, 0.3) is 0 Å². The molecule has 1 aromatic rings. The summed E-state index contributed by atoms with van der Waals surface area (Å²) in [4.78, 5) is 10.6. The van der Waals surface area contributed by atoms with Crippen LogP contribution in [-0.4, -0.2) is 17.1 Å². The van der Waals surface area contributed by atoms with E-state index in [2.05, 4.69) is 20.5 Å². The molecule has 0 saturated carbocycles. The van der Waals surface area contributed by atoms with E-state index in [1.54, 1.807) is 0 Å². The Morgan fingerprint density at radius 3 is 2.54 bits per heavy atom. The third kappa shape index (κ3) is 3.16. The van der Waals surface area contributed by atoms with E-state index in [9.17, 15) is 4.79 Å². The summed E-state index contributed by atoms with van der Waals surface area (Å²) < 4.78 is 2.56. The number of rotatable bonds is 4. The topological polar surface area (TPSA) is 49.3 Å². The number of hydrogen-bond donors (Lipinski definition) is 2. The molecule has 2 N–H and O–H groups in total.